The molecule has 1 aromatic carbocycles. The summed E-state index contributed by atoms with van der Waals surface area (Å²) < 4.78 is 1.58. The van der Waals surface area contributed by atoms with Crippen LogP contribution in [0.4, 0.5) is 0 Å². The highest BCUT2D eigenvalue weighted by molar-refractivity contribution is 5.81. The first kappa shape index (κ1) is 14.2. The molecule has 0 saturated carbocycles. The number of rotatable bonds is 5. The lowest BCUT2D eigenvalue weighted by Gasteiger charge is -2.17. The van der Waals surface area contributed by atoms with Crippen LogP contribution in [0.25, 0.3) is 10.9 Å². The summed E-state index contributed by atoms with van der Waals surface area (Å²) in [5.41, 5.74) is 0.570. The molecule has 0 N–H and O–H groups in total. The van der Waals surface area contributed by atoms with Crippen molar-refractivity contribution in [3.8, 4) is 0 Å². The smallest absolute Gasteiger partial charge is 0.244 e. The lowest BCUT2D eigenvalue weighted by Crippen LogP contribution is -2.32. The summed E-state index contributed by atoms with van der Waals surface area (Å²) in [4.78, 5) is 25.6. The van der Waals surface area contributed by atoms with Crippen molar-refractivity contribution in [1.29, 1.82) is 0 Å². The Morgan fingerprint density at radius 1 is 1.35 bits per heavy atom. The Bertz CT molecular complexity index is 663. The average molecular weight is 273 g/mol. The van der Waals surface area contributed by atoms with E-state index in [1.807, 2.05) is 18.2 Å². The van der Waals surface area contributed by atoms with Gasteiger partial charge in [-0.25, -0.2) is 0 Å². The number of aromatic nitrogens is 2. The van der Waals surface area contributed by atoms with E-state index in [9.17, 15) is 9.59 Å². The van der Waals surface area contributed by atoms with Gasteiger partial charge in [0.25, 0.3) is 0 Å². The molecule has 5 nitrogen and oxygen atoms in total. The Morgan fingerprint density at radius 2 is 2.10 bits per heavy atom. The van der Waals surface area contributed by atoms with Crippen LogP contribution in [0.5, 0.6) is 0 Å². The van der Waals surface area contributed by atoms with Gasteiger partial charge in [0.05, 0.1) is 11.7 Å². The fourth-order valence-electron chi connectivity index (χ4n) is 2.06. The van der Waals surface area contributed by atoms with Gasteiger partial charge in [0.1, 0.15) is 6.54 Å². The van der Waals surface area contributed by atoms with E-state index in [-0.39, 0.29) is 17.9 Å². The second kappa shape index (κ2) is 6.32. The minimum absolute atomic E-state index is 0.000230. The summed E-state index contributed by atoms with van der Waals surface area (Å²) in [5.74, 6) is -0.000230. The number of unbranched alkanes of at least 4 members (excludes halogenated alkanes) is 1. The Morgan fingerprint density at radius 3 is 2.85 bits per heavy atom. The molecular weight excluding hydrogens is 254 g/mol. The maximum Gasteiger partial charge on any atom is 0.244 e. The number of hydrogen-bond acceptors (Lipinski definition) is 3. The molecule has 0 fully saturated rings. The maximum absolute atomic E-state index is 12.1. The number of likely N-dealkylation sites (N-methyl/N-ethyl adjacent to an activating group) is 1. The van der Waals surface area contributed by atoms with E-state index in [0.717, 1.165) is 19.4 Å². The predicted octanol–water partition coefficient (Wildman–Crippen LogP) is 1.65. The average Bonchev–Trinajstić information content (AvgIpc) is 2.47. The van der Waals surface area contributed by atoms with E-state index in [1.165, 1.54) is 6.20 Å². The molecule has 1 heterocycles. The van der Waals surface area contributed by atoms with Crippen molar-refractivity contribution >= 4 is 16.8 Å². The second-order valence-corrected chi connectivity index (χ2v) is 4.85. The van der Waals surface area contributed by atoms with Gasteiger partial charge >= 0.3 is 0 Å². The molecule has 1 amide bonds. The molecule has 20 heavy (non-hydrogen) atoms. The van der Waals surface area contributed by atoms with E-state index in [1.54, 1.807) is 22.7 Å². The lowest BCUT2D eigenvalue weighted by atomic mass is 10.2. The van der Waals surface area contributed by atoms with Gasteiger partial charge in [-0.3, -0.25) is 14.3 Å². The van der Waals surface area contributed by atoms with Crippen molar-refractivity contribution in [3.63, 3.8) is 0 Å². The van der Waals surface area contributed by atoms with Crippen molar-refractivity contribution in [2.24, 2.45) is 0 Å². The summed E-state index contributed by atoms with van der Waals surface area (Å²) in [6.07, 6.45) is 3.30. The Kier molecular flexibility index (Phi) is 4.50. The van der Waals surface area contributed by atoms with Crippen LogP contribution < -0.4 is 5.43 Å². The van der Waals surface area contributed by atoms with Gasteiger partial charge in [-0.15, -0.1) is 0 Å². The summed E-state index contributed by atoms with van der Waals surface area (Å²) in [7, 11) is 1.79. The van der Waals surface area contributed by atoms with E-state index in [4.69, 9.17) is 0 Å². The van der Waals surface area contributed by atoms with Crippen LogP contribution in [0.3, 0.4) is 0 Å². The molecule has 0 atom stereocenters. The summed E-state index contributed by atoms with van der Waals surface area (Å²) in [6.45, 7) is 2.99. The monoisotopic (exact) mass is 273 g/mol. The first-order chi connectivity index (χ1) is 9.63. The zero-order valence-electron chi connectivity index (χ0n) is 11.9. The Labute approximate surface area is 117 Å². The van der Waals surface area contributed by atoms with E-state index in [0.29, 0.717) is 10.9 Å². The van der Waals surface area contributed by atoms with Crippen LogP contribution in [0.15, 0.2) is 35.3 Å². The van der Waals surface area contributed by atoms with Gasteiger partial charge in [0.2, 0.25) is 11.3 Å². The number of amides is 1. The first-order valence-corrected chi connectivity index (χ1v) is 6.82. The number of fused-ring (bicyclic) bond motifs is 1. The standard InChI is InChI=1S/C15H19N3O2/c1-3-4-9-17(2)15(20)11-18-13-8-6-5-7-12(13)14(19)10-16-18/h5-8,10H,3-4,9,11H2,1-2H3. The number of benzene rings is 1. The third kappa shape index (κ3) is 3.04. The van der Waals surface area contributed by atoms with Crippen LogP contribution in [-0.4, -0.2) is 34.2 Å². The van der Waals surface area contributed by atoms with E-state index < -0.39 is 0 Å². The minimum Gasteiger partial charge on any atom is -0.344 e. The predicted molar refractivity (Wildman–Crippen MR) is 78.5 cm³/mol. The summed E-state index contributed by atoms with van der Waals surface area (Å²) in [6, 6.07) is 7.21. The second-order valence-electron chi connectivity index (χ2n) is 4.85. The molecule has 0 radical (unpaired) electrons. The van der Waals surface area contributed by atoms with Crippen molar-refractivity contribution in [2.75, 3.05) is 13.6 Å². The maximum atomic E-state index is 12.1. The van der Waals surface area contributed by atoms with Crippen molar-refractivity contribution in [1.82, 2.24) is 14.7 Å². The fourth-order valence-corrected chi connectivity index (χ4v) is 2.06. The molecular formula is C15H19N3O2. The summed E-state index contributed by atoms with van der Waals surface area (Å²) in [5, 5.41) is 4.66. The van der Waals surface area contributed by atoms with Crippen LogP contribution in [0, 0.1) is 0 Å². The van der Waals surface area contributed by atoms with Crippen LogP contribution in [0.2, 0.25) is 0 Å². The third-order valence-corrected chi connectivity index (χ3v) is 3.32. The molecule has 2 aromatic rings. The van der Waals surface area contributed by atoms with Crippen LogP contribution >= 0.6 is 0 Å². The molecule has 0 aliphatic heterocycles. The normalized spacial score (nSPS) is 10.7. The lowest BCUT2D eigenvalue weighted by molar-refractivity contribution is -0.130. The van der Waals surface area contributed by atoms with Gasteiger partial charge in [-0.2, -0.15) is 5.10 Å². The van der Waals surface area contributed by atoms with Crippen molar-refractivity contribution < 1.29 is 4.79 Å². The largest absolute Gasteiger partial charge is 0.344 e. The molecule has 5 heteroatoms. The molecule has 106 valence electrons. The zero-order chi connectivity index (χ0) is 14.5. The van der Waals surface area contributed by atoms with Gasteiger partial charge in [-0.05, 0) is 18.6 Å². The first-order valence-electron chi connectivity index (χ1n) is 6.82. The number of para-hydroxylation sites is 1. The van der Waals surface area contributed by atoms with Gasteiger partial charge < -0.3 is 4.90 Å². The number of hydrogen-bond donors (Lipinski definition) is 0. The molecule has 0 aliphatic rings. The number of nitrogens with zero attached hydrogens (tertiary/aromatic N) is 3. The quantitative estimate of drug-likeness (QED) is 0.832. The van der Waals surface area contributed by atoms with Crippen molar-refractivity contribution in [3.05, 3.63) is 40.7 Å². The van der Waals surface area contributed by atoms with E-state index in [2.05, 4.69) is 12.0 Å². The number of carbonyl (C=O) groups excluding carboxylic acids is 1. The molecule has 2 rings (SSSR count). The minimum atomic E-state index is -0.122. The molecule has 1 aromatic heterocycles. The molecule has 0 spiro atoms. The highest BCUT2D eigenvalue weighted by Gasteiger charge is 2.11. The number of carbonyl (C=O) groups is 1. The Hall–Kier alpha value is -2.17. The molecule has 0 unspecified atom stereocenters. The SMILES string of the molecule is CCCCN(C)C(=O)Cn1ncc(=O)c2ccccc21. The van der Waals surface area contributed by atoms with Crippen molar-refractivity contribution in [2.45, 2.75) is 26.3 Å². The van der Waals surface area contributed by atoms with E-state index >= 15 is 0 Å². The topological polar surface area (TPSA) is 55.2 Å². The highest BCUT2D eigenvalue weighted by atomic mass is 16.2. The highest BCUT2D eigenvalue weighted by Crippen LogP contribution is 2.08. The van der Waals surface area contributed by atoms with Crippen LogP contribution in [0.1, 0.15) is 19.8 Å². The molecule has 0 bridgehead atoms. The van der Waals surface area contributed by atoms with Crippen LogP contribution in [-0.2, 0) is 11.3 Å². The molecule has 0 aliphatic carbocycles. The fraction of sp³-hybridized carbons (Fsp3) is 0.400. The molecule has 0 saturated heterocycles. The van der Waals surface area contributed by atoms with Gasteiger partial charge in [0.15, 0.2) is 0 Å². The third-order valence-electron chi connectivity index (χ3n) is 3.32. The van der Waals surface area contributed by atoms with Gasteiger partial charge in [0, 0.05) is 19.0 Å². The van der Waals surface area contributed by atoms with Gasteiger partial charge in [-0.1, -0.05) is 25.5 Å². The Balaban J connectivity index is 2.24. The summed E-state index contributed by atoms with van der Waals surface area (Å²) >= 11 is 0. The zero-order valence-corrected chi connectivity index (χ0v) is 11.9.